The summed E-state index contributed by atoms with van der Waals surface area (Å²) >= 11 is 1.41. The van der Waals surface area contributed by atoms with Crippen LogP contribution in [0.1, 0.15) is 43.9 Å². The van der Waals surface area contributed by atoms with Crippen LogP contribution in [0.5, 0.6) is 0 Å². The van der Waals surface area contributed by atoms with Gasteiger partial charge in [-0.15, -0.1) is 11.3 Å². The fourth-order valence-electron chi connectivity index (χ4n) is 1.55. The Hall–Kier alpha value is -2.02. The predicted octanol–water partition coefficient (Wildman–Crippen LogP) is 2.91. The molecule has 0 saturated carbocycles. The van der Waals surface area contributed by atoms with Crippen LogP contribution in [0.2, 0.25) is 0 Å². The lowest BCUT2D eigenvalue weighted by atomic mass is 9.93. The third-order valence-electron chi connectivity index (χ3n) is 2.74. The van der Waals surface area contributed by atoms with E-state index in [0.29, 0.717) is 10.9 Å². The molecule has 0 saturated heterocycles. The van der Waals surface area contributed by atoms with Gasteiger partial charge in [-0.2, -0.15) is 0 Å². The minimum Gasteiger partial charge on any atom is -0.369 e. The topological polar surface area (TPSA) is 79.8 Å². The van der Waals surface area contributed by atoms with E-state index in [0.717, 1.165) is 12.2 Å². The minimum absolute atomic E-state index is 0.0350. The summed E-state index contributed by atoms with van der Waals surface area (Å²) in [6.45, 7) is 8.97. The lowest BCUT2D eigenvalue weighted by molar-refractivity contribution is 0.102. The summed E-state index contributed by atoms with van der Waals surface area (Å²) in [5, 5.41) is 8.30. The van der Waals surface area contributed by atoms with Crippen molar-refractivity contribution in [2.24, 2.45) is 0 Å². The molecule has 6 nitrogen and oxygen atoms in total. The first kappa shape index (κ1) is 15.4. The number of aromatic nitrogens is 3. The third kappa shape index (κ3) is 3.98. The lowest BCUT2D eigenvalue weighted by Crippen LogP contribution is -2.15. The number of hydrogen-bond acceptors (Lipinski definition) is 6. The number of rotatable bonds is 4. The predicted molar refractivity (Wildman–Crippen MR) is 85.0 cm³/mol. The number of anilines is 2. The molecule has 2 aromatic rings. The summed E-state index contributed by atoms with van der Waals surface area (Å²) < 4.78 is 0. The largest absolute Gasteiger partial charge is 0.369 e. The van der Waals surface area contributed by atoms with Crippen molar-refractivity contribution in [2.45, 2.75) is 33.1 Å². The molecule has 0 aliphatic carbocycles. The summed E-state index contributed by atoms with van der Waals surface area (Å²) in [4.78, 5) is 24.7. The van der Waals surface area contributed by atoms with Gasteiger partial charge in [-0.3, -0.25) is 10.1 Å². The maximum Gasteiger partial charge on any atom is 0.277 e. The number of carbonyl (C=O) groups is 1. The van der Waals surface area contributed by atoms with Crippen molar-refractivity contribution >= 4 is 28.2 Å². The molecule has 2 N–H and O–H groups in total. The first-order chi connectivity index (χ1) is 9.90. The summed E-state index contributed by atoms with van der Waals surface area (Å²) in [5.74, 6) is 0.346. The molecule has 1 amide bonds. The molecular weight excluding hydrogens is 286 g/mol. The Kier molecular flexibility index (Phi) is 4.52. The second-order valence-electron chi connectivity index (χ2n) is 5.56. The molecule has 0 spiro atoms. The van der Waals surface area contributed by atoms with Crippen molar-refractivity contribution in [2.75, 3.05) is 17.2 Å². The van der Waals surface area contributed by atoms with Crippen LogP contribution in [-0.4, -0.2) is 27.4 Å². The Morgan fingerprint density at radius 3 is 2.57 bits per heavy atom. The van der Waals surface area contributed by atoms with E-state index < -0.39 is 0 Å². The van der Waals surface area contributed by atoms with Crippen molar-refractivity contribution in [1.82, 2.24) is 15.0 Å². The molecule has 0 bridgehead atoms. The molecule has 112 valence electrons. The maximum atomic E-state index is 12.1. The van der Waals surface area contributed by atoms with Gasteiger partial charge in [0.1, 0.15) is 11.5 Å². The highest BCUT2D eigenvalue weighted by Gasteiger charge is 2.18. The first-order valence-corrected chi connectivity index (χ1v) is 7.61. The van der Waals surface area contributed by atoms with Crippen molar-refractivity contribution in [3.63, 3.8) is 0 Å². The minimum atomic E-state index is -0.305. The lowest BCUT2D eigenvalue weighted by Gasteiger charge is -2.14. The Bertz CT molecular complexity index is 615. The fraction of sp³-hybridized carbons (Fsp3) is 0.429. The van der Waals surface area contributed by atoms with Crippen LogP contribution < -0.4 is 10.6 Å². The molecule has 2 aromatic heterocycles. The molecule has 2 heterocycles. The molecule has 7 heteroatoms. The second-order valence-corrected chi connectivity index (χ2v) is 6.42. The van der Waals surface area contributed by atoms with Gasteiger partial charge >= 0.3 is 0 Å². The normalized spacial score (nSPS) is 11.2. The van der Waals surface area contributed by atoms with Crippen molar-refractivity contribution in [1.29, 1.82) is 0 Å². The van der Waals surface area contributed by atoms with Crippen LogP contribution >= 0.6 is 11.3 Å². The van der Waals surface area contributed by atoms with Crippen LogP contribution in [0.4, 0.5) is 10.9 Å². The smallest absolute Gasteiger partial charge is 0.277 e. The number of thiazole rings is 1. The van der Waals surface area contributed by atoms with E-state index in [2.05, 4.69) is 46.4 Å². The Morgan fingerprint density at radius 2 is 2.05 bits per heavy atom. The number of nitrogens with zero attached hydrogens (tertiary/aromatic N) is 3. The van der Waals surface area contributed by atoms with Gasteiger partial charge in [0.05, 0.1) is 18.1 Å². The van der Waals surface area contributed by atoms with Gasteiger partial charge in [-0.1, -0.05) is 20.8 Å². The van der Waals surface area contributed by atoms with E-state index >= 15 is 0 Å². The van der Waals surface area contributed by atoms with Crippen LogP contribution in [0.25, 0.3) is 0 Å². The van der Waals surface area contributed by atoms with Gasteiger partial charge in [0, 0.05) is 17.3 Å². The quantitative estimate of drug-likeness (QED) is 0.908. The van der Waals surface area contributed by atoms with E-state index in [-0.39, 0.29) is 17.0 Å². The second kappa shape index (κ2) is 6.17. The summed E-state index contributed by atoms with van der Waals surface area (Å²) in [6, 6.07) is 0. The monoisotopic (exact) mass is 305 g/mol. The van der Waals surface area contributed by atoms with Gasteiger partial charge in [0.15, 0.2) is 5.13 Å². The maximum absolute atomic E-state index is 12.1. The Morgan fingerprint density at radius 1 is 1.29 bits per heavy atom. The van der Waals surface area contributed by atoms with E-state index in [1.54, 1.807) is 6.20 Å². The fourth-order valence-corrected chi connectivity index (χ4v) is 2.49. The van der Waals surface area contributed by atoms with Crippen molar-refractivity contribution < 1.29 is 4.79 Å². The highest BCUT2D eigenvalue weighted by molar-refractivity contribution is 7.14. The molecule has 0 atom stereocenters. The molecule has 0 aliphatic heterocycles. The van der Waals surface area contributed by atoms with Gasteiger partial charge in [-0.05, 0) is 6.92 Å². The highest BCUT2D eigenvalue weighted by Crippen LogP contribution is 2.26. The van der Waals surface area contributed by atoms with Crippen molar-refractivity contribution in [3.05, 3.63) is 29.2 Å². The zero-order chi connectivity index (χ0) is 15.5. The van der Waals surface area contributed by atoms with Crippen LogP contribution in [-0.2, 0) is 5.41 Å². The van der Waals surface area contributed by atoms with Crippen LogP contribution in [0, 0.1) is 0 Å². The number of amides is 1. The Labute approximate surface area is 128 Å². The van der Waals surface area contributed by atoms with E-state index in [1.807, 2.05) is 12.3 Å². The van der Waals surface area contributed by atoms with E-state index in [1.165, 1.54) is 17.5 Å². The van der Waals surface area contributed by atoms with Gasteiger partial charge in [0.25, 0.3) is 5.91 Å². The summed E-state index contributed by atoms with van der Waals surface area (Å²) in [7, 11) is 0. The molecule has 0 radical (unpaired) electrons. The molecule has 0 aromatic carbocycles. The molecule has 2 rings (SSSR count). The van der Waals surface area contributed by atoms with Gasteiger partial charge in [-0.25, -0.2) is 15.0 Å². The molecule has 0 unspecified atom stereocenters. The zero-order valence-electron chi connectivity index (χ0n) is 12.6. The van der Waals surface area contributed by atoms with E-state index in [4.69, 9.17) is 0 Å². The Balaban J connectivity index is 2.05. The standard InChI is InChI=1S/C14H19N5OS/c1-5-15-11-7-16-9(6-17-11)12(20)19-13-18-10(8-21-13)14(2,3)4/h6-8H,5H2,1-4H3,(H,15,17)(H,18,19,20). The number of hydrogen-bond donors (Lipinski definition) is 2. The van der Waals surface area contributed by atoms with Crippen LogP contribution in [0.3, 0.4) is 0 Å². The van der Waals surface area contributed by atoms with Crippen molar-refractivity contribution in [3.8, 4) is 0 Å². The summed E-state index contributed by atoms with van der Waals surface area (Å²) in [5.41, 5.74) is 1.19. The molecule has 21 heavy (non-hydrogen) atoms. The number of nitrogens with one attached hydrogen (secondary N) is 2. The first-order valence-electron chi connectivity index (χ1n) is 6.73. The number of carbonyl (C=O) groups excluding carboxylic acids is 1. The van der Waals surface area contributed by atoms with Gasteiger partial charge < -0.3 is 5.32 Å². The zero-order valence-corrected chi connectivity index (χ0v) is 13.4. The SMILES string of the molecule is CCNc1cnc(C(=O)Nc2nc(C(C)(C)C)cs2)cn1. The molecule has 0 fully saturated rings. The van der Waals surface area contributed by atoms with E-state index in [9.17, 15) is 4.79 Å². The third-order valence-corrected chi connectivity index (χ3v) is 3.49. The van der Waals surface area contributed by atoms with Crippen LogP contribution in [0.15, 0.2) is 17.8 Å². The summed E-state index contributed by atoms with van der Waals surface area (Å²) in [6.07, 6.45) is 2.99. The molecular formula is C14H19N5OS. The average molecular weight is 305 g/mol. The van der Waals surface area contributed by atoms with Gasteiger partial charge in [0.2, 0.25) is 0 Å². The highest BCUT2D eigenvalue weighted by atomic mass is 32.1. The molecule has 0 aliphatic rings. The average Bonchev–Trinajstić information content (AvgIpc) is 2.88.